The van der Waals surface area contributed by atoms with Crippen molar-refractivity contribution < 1.29 is 14.7 Å². The summed E-state index contributed by atoms with van der Waals surface area (Å²) >= 11 is 5.96. The van der Waals surface area contributed by atoms with Crippen molar-refractivity contribution in [2.24, 2.45) is 0 Å². The van der Waals surface area contributed by atoms with Crippen LogP contribution in [0.25, 0.3) is 10.9 Å². The zero-order valence-corrected chi connectivity index (χ0v) is 12.7. The van der Waals surface area contributed by atoms with Crippen LogP contribution in [0.15, 0.2) is 18.2 Å². The molecule has 0 radical (unpaired) electrons. The highest BCUT2D eigenvalue weighted by Gasteiger charge is 2.18. The van der Waals surface area contributed by atoms with E-state index >= 15 is 0 Å². The van der Waals surface area contributed by atoms with Gasteiger partial charge >= 0.3 is 0 Å². The van der Waals surface area contributed by atoms with Crippen molar-refractivity contribution in [3.8, 4) is 0 Å². The molecule has 2 aromatic rings. The first-order chi connectivity index (χ1) is 9.97. The number of nitrogens with one attached hydrogen (secondary N) is 1. The molecule has 0 fully saturated rings. The molecular weight excluding hydrogens is 292 g/mol. The average Bonchev–Trinajstić information content (AvgIpc) is 2.78. The van der Waals surface area contributed by atoms with Gasteiger partial charge in [-0.05, 0) is 37.6 Å². The molecule has 5 nitrogen and oxygen atoms in total. The third kappa shape index (κ3) is 3.03. The maximum Gasteiger partial charge on any atom is 0.227 e. The molecule has 0 saturated heterocycles. The second kappa shape index (κ2) is 6.18. The number of carboxylic acids is 1. The van der Waals surface area contributed by atoms with Crippen molar-refractivity contribution in [3.63, 3.8) is 0 Å². The van der Waals surface area contributed by atoms with Crippen molar-refractivity contribution in [1.82, 2.24) is 9.88 Å². The SMILES string of the molecule is CCN(CC)C(=O)Cc1c(C(=O)[O-])[nH]c2ccc(Cl)cc12. The molecule has 2 rings (SSSR count). The van der Waals surface area contributed by atoms with Gasteiger partial charge in [0, 0.05) is 29.0 Å². The van der Waals surface area contributed by atoms with E-state index in [1.807, 2.05) is 13.8 Å². The average molecular weight is 308 g/mol. The third-order valence-electron chi connectivity index (χ3n) is 3.52. The van der Waals surface area contributed by atoms with E-state index in [1.54, 1.807) is 23.1 Å². The monoisotopic (exact) mass is 307 g/mol. The van der Waals surface area contributed by atoms with Gasteiger partial charge in [0.15, 0.2) is 0 Å². The number of rotatable bonds is 5. The highest BCUT2D eigenvalue weighted by Crippen LogP contribution is 2.26. The molecule has 21 heavy (non-hydrogen) atoms. The number of halogens is 1. The van der Waals surface area contributed by atoms with Gasteiger partial charge in [-0.1, -0.05) is 11.6 Å². The number of hydrogen-bond donors (Lipinski definition) is 1. The lowest BCUT2D eigenvalue weighted by molar-refractivity contribution is -0.255. The summed E-state index contributed by atoms with van der Waals surface area (Å²) in [5.41, 5.74) is 0.984. The van der Waals surface area contributed by atoms with E-state index in [1.165, 1.54) is 0 Å². The van der Waals surface area contributed by atoms with E-state index < -0.39 is 5.97 Å². The fraction of sp³-hybridized carbons (Fsp3) is 0.333. The Labute approximate surface area is 127 Å². The largest absolute Gasteiger partial charge is 0.543 e. The van der Waals surface area contributed by atoms with Crippen LogP contribution in [0.5, 0.6) is 0 Å². The van der Waals surface area contributed by atoms with Crippen molar-refractivity contribution in [2.75, 3.05) is 13.1 Å². The molecule has 112 valence electrons. The Balaban J connectivity index is 2.50. The van der Waals surface area contributed by atoms with E-state index in [9.17, 15) is 14.7 Å². The quantitative estimate of drug-likeness (QED) is 0.911. The van der Waals surface area contributed by atoms with Gasteiger partial charge in [-0.3, -0.25) is 4.79 Å². The molecule has 0 aliphatic heterocycles. The number of aromatic nitrogens is 1. The Kier molecular flexibility index (Phi) is 4.53. The van der Waals surface area contributed by atoms with Crippen LogP contribution in [0.4, 0.5) is 0 Å². The van der Waals surface area contributed by atoms with E-state index in [4.69, 9.17) is 11.6 Å². The van der Waals surface area contributed by atoms with Crippen molar-refractivity contribution in [1.29, 1.82) is 0 Å². The summed E-state index contributed by atoms with van der Waals surface area (Å²) in [6, 6.07) is 5.01. The van der Waals surface area contributed by atoms with Gasteiger partial charge in [-0.15, -0.1) is 0 Å². The molecule has 1 heterocycles. The maximum atomic E-state index is 12.2. The van der Waals surface area contributed by atoms with E-state index in [0.717, 1.165) is 0 Å². The first kappa shape index (κ1) is 15.4. The van der Waals surface area contributed by atoms with Gasteiger partial charge in [-0.2, -0.15) is 0 Å². The zero-order valence-electron chi connectivity index (χ0n) is 11.9. The Morgan fingerprint density at radius 3 is 2.52 bits per heavy atom. The normalized spacial score (nSPS) is 10.8. The molecule has 0 aliphatic rings. The summed E-state index contributed by atoms with van der Waals surface area (Å²) in [5.74, 6) is -1.45. The summed E-state index contributed by atoms with van der Waals surface area (Å²) in [6.07, 6.45) is 0.00529. The summed E-state index contributed by atoms with van der Waals surface area (Å²) in [7, 11) is 0. The molecule has 0 aliphatic carbocycles. The molecule has 1 N–H and O–H groups in total. The standard InChI is InChI=1S/C15H17ClN2O3/c1-3-18(4-2)13(19)8-11-10-7-9(16)5-6-12(10)17-14(11)15(20)21/h5-7,17H,3-4,8H2,1-2H3,(H,20,21)/p-1. The molecule has 0 unspecified atom stereocenters. The molecule has 6 heteroatoms. The van der Waals surface area contributed by atoms with Gasteiger partial charge < -0.3 is 19.8 Å². The maximum absolute atomic E-state index is 12.2. The molecule has 0 atom stereocenters. The van der Waals surface area contributed by atoms with Gasteiger partial charge in [-0.25, -0.2) is 0 Å². The Morgan fingerprint density at radius 2 is 1.95 bits per heavy atom. The van der Waals surface area contributed by atoms with Crippen LogP contribution in [0, 0.1) is 0 Å². The summed E-state index contributed by atoms with van der Waals surface area (Å²) in [6.45, 7) is 4.93. The van der Waals surface area contributed by atoms with Crippen LogP contribution in [0.1, 0.15) is 29.9 Å². The number of carboxylic acid groups (broad SMARTS) is 1. The van der Waals surface area contributed by atoms with Gasteiger partial charge in [0.25, 0.3) is 0 Å². The summed E-state index contributed by atoms with van der Waals surface area (Å²) in [5, 5.41) is 12.4. The Bertz CT molecular complexity index is 690. The highest BCUT2D eigenvalue weighted by molar-refractivity contribution is 6.31. The lowest BCUT2D eigenvalue weighted by Gasteiger charge is -2.19. The first-order valence-electron chi connectivity index (χ1n) is 6.77. The highest BCUT2D eigenvalue weighted by atomic mass is 35.5. The lowest BCUT2D eigenvalue weighted by atomic mass is 10.1. The van der Waals surface area contributed by atoms with Crippen LogP contribution in [-0.4, -0.2) is 34.8 Å². The minimum Gasteiger partial charge on any atom is -0.543 e. The fourth-order valence-electron chi connectivity index (χ4n) is 2.42. The fourth-order valence-corrected chi connectivity index (χ4v) is 2.59. The number of benzene rings is 1. The molecule has 1 aromatic heterocycles. The smallest absolute Gasteiger partial charge is 0.227 e. The Hall–Kier alpha value is -2.01. The van der Waals surface area contributed by atoms with Gasteiger partial charge in [0.1, 0.15) is 0 Å². The van der Waals surface area contributed by atoms with E-state index in [-0.39, 0.29) is 18.0 Å². The predicted octanol–water partition coefficient (Wildman–Crippen LogP) is 1.60. The summed E-state index contributed by atoms with van der Waals surface area (Å²) in [4.78, 5) is 27.9. The van der Waals surface area contributed by atoms with E-state index in [0.29, 0.717) is 34.6 Å². The molecular formula is C15H16ClN2O3-. The molecule has 1 amide bonds. The Morgan fingerprint density at radius 1 is 1.29 bits per heavy atom. The number of likely N-dealkylation sites (N-methyl/N-ethyl adjacent to an activating group) is 1. The number of carbonyl (C=O) groups is 2. The number of nitrogens with zero attached hydrogens (tertiary/aromatic N) is 1. The van der Waals surface area contributed by atoms with Crippen LogP contribution in [-0.2, 0) is 11.2 Å². The van der Waals surface area contributed by atoms with Crippen LogP contribution in [0.2, 0.25) is 5.02 Å². The number of amides is 1. The van der Waals surface area contributed by atoms with Crippen LogP contribution in [0.3, 0.4) is 0 Å². The van der Waals surface area contributed by atoms with Crippen molar-refractivity contribution in [2.45, 2.75) is 20.3 Å². The van der Waals surface area contributed by atoms with Crippen molar-refractivity contribution in [3.05, 3.63) is 34.5 Å². The van der Waals surface area contributed by atoms with Gasteiger partial charge in [0.2, 0.25) is 5.91 Å². The third-order valence-corrected chi connectivity index (χ3v) is 3.75. The first-order valence-corrected chi connectivity index (χ1v) is 7.14. The molecule has 0 saturated carbocycles. The second-order valence-electron chi connectivity index (χ2n) is 4.70. The number of fused-ring (bicyclic) bond motifs is 1. The lowest BCUT2D eigenvalue weighted by Crippen LogP contribution is -2.32. The second-order valence-corrected chi connectivity index (χ2v) is 5.14. The topological polar surface area (TPSA) is 76.2 Å². The predicted molar refractivity (Wildman–Crippen MR) is 79.3 cm³/mol. The number of aromatic amines is 1. The van der Waals surface area contributed by atoms with Crippen LogP contribution >= 0.6 is 11.6 Å². The van der Waals surface area contributed by atoms with Gasteiger partial charge in [0.05, 0.1) is 18.1 Å². The summed E-state index contributed by atoms with van der Waals surface area (Å²) < 4.78 is 0. The molecule has 0 bridgehead atoms. The van der Waals surface area contributed by atoms with Crippen molar-refractivity contribution >= 4 is 34.4 Å². The van der Waals surface area contributed by atoms with E-state index in [2.05, 4.69) is 4.98 Å². The van der Waals surface area contributed by atoms with Crippen LogP contribution < -0.4 is 5.11 Å². The minimum absolute atomic E-state index is 0.00529. The number of H-pyrrole nitrogens is 1. The number of carbonyl (C=O) groups excluding carboxylic acids is 2. The number of hydrogen-bond acceptors (Lipinski definition) is 3. The molecule has 0 spiro atoms. The molecule has 1 aromatic carbocycles. The zero-order chi connectivity index (χ0) is 15.6. The number of aromatic carboxylic acids is 1. The minimum atomic E-state index is -1.33.